The van der Waals surface area contributed by atoms with Crippen molar-refractivity contribution in [2.24, 2.45) is 7.05 Å². The van der Waals surface area contributed by atoms with Gasteiger partial charge >= 0.3 is 0 Å². The van der Waals surface area contributed by atoms with Crippen molar-refractivity contribution in [3.63, 3.8) is 0 Å². The van der Waals surface area contributed by atoms with Gasteiger partial charge in [-0.25, -0.2) is 8.42 Å². The number of hydrogen-bond acceptors (Lipinski definition) is 6. The lowest BCUT2D eigenvalue weighted by Crippen LogP contribution is -2.10. The molecule has 0 spiro atoms. The molecule has 0 unspecified atom stereocenters. The number of ketones is 1. The van der Waals surface area contributed by atoms with E-state index in [-0.39, 0.29) is 29.0 Å². The fourth-order valence-electron chi connectivity index (χ4n) is 3.52. The summed E-state index contributed by atoms with van der Waals surface area (Å²) in [5.74, 6) is 1.25. The number of rotatable bonds is 5. The number of aryl methyl sites for hydroxylation is 1. The van der Waals surface area contributed by atoms with Gasteiger partial charge in [0, 0.05) is 18.5 Å². The minimum absolute atomic E-state index is 0.0664. The quantitative estimate of drug-likeness (QED) is 0.560. The third kappa shape index (κ3) is 3.96. The Hall–Kier alpha value is -1.67. The molecule has 27 heavy (non-hydrogen) atoms. The Bertz CT molecular complexity index is 1010. The Balaban J connectivity index is 1.74. The average Bonchev–Trinajstić information content (AvgIpc) is 3.16. The van der Waals surface area contributed by atoms with Crippen LogP contribution in [0.3, 0.4) is 0 Å². The molecule has 0 amide bonds. The van der Waals surface area contributed by atoms with Crippen LogP contribution in [0.25, 0.3) is 0 Å². The molecule has 0 saturated carbocycles. The van der Waals surface area contributed by atoms with E-state index in [0.29, 0.717) is 17.4 Å². The van der Waals surface area contributed by atoms with Crippen molar-refractivity contribution in [2.45, 2.75) is 45.2 Å². The number of carbonyl (C=O) groups is 1. The third-order valence-corrected chi connectivity index (χ3v) is 8.37. The molecule has 6 nitrogen and oxygen atoms in total. The van der Waals surface area contributed by atoms with E-state index in [0.717, 1.165) is 22.3 Å². The van der Waals surface area contributed by atoms with E-state index < -0.39 is 9.84 Å². The Morgan fingerprint density at radius 3 is 2.52 bits per heavy atom. The zero-order valence-electron chi connectivity index (χ0n) is 16.4. The number of Topliss-reactive ketones (excluding diaryl/α,β-unsaturated/α-hetero) is 1. The molecule has 2 aromatic rings. The van der Waals surface area contributed by atoms with Gasteiger partial charge in [0.05, 0.1) is 17.3 Å². The van der Waals surface area contributed by atoms with Gasteiger partial charge in [0.1, 0.15) is 5.82 Å². The van der Waals surface area contributed by atoms with Gasteiger partial charge < -0.3 is 4.57 Å². The monoisotopic (exact) mass is 407 g/mol. The van der Waals surface area contributed by atoms with Crippen LogP contribution < -0.4 is 0 Å². The van der Waals surface area contributed by atoms with Crippen LogP contribution in [0, 0.1) is 27.7 Å². The predicted octanol–water partition coefficient (Wildman–Crippen LogP) is 2.93. The maximum Gasteiger partial charge on any atom is 0.191 e. The van der Waals surface area contributed by atoms with Gasteiger partial charge in [0.15, 0.2) is 20.8 Å². The van der Waals surface area contributed by atoms with E-state index in [1.807, 2.05) is 38.5 Å². The lowest BCUT2D eigenvalue weighted by molar-refractivity contribution is 0.102. The van der Waals surface area contributed by atoms with Crippen molar-refractivity contribution in [1.82, 2.24) is 14.8 Å². The van der Waals surface area contributed by atoms with Gasteiger partial charge in [-0.05, 0) is 62.4 Å². The van der Waals surface area contributed by atoms with Crippen LogP contribution in [0.5, 0.6) is 0 Å². The highest BCUT2D eigenvalue weighted by Crippen LogP contribution is 2.30. The summed E-state index contributed by atoms with van der Waals surface area (Å²) in [6, 6.07) is 1.96. The van der Waals surface area contributed by atoms with Crippen molar-refractivity contribution in [1.29, 1.82) is 0 Å². The average molecular weight is 408 g/mol. The molecule has 8 heteroatoms. The van der Waals surface area contributed by atoms with Crippen molar-refractivity contribution in [2.75, 3.05) is 17.3 Å². The topological polar surface area (TPSA) is 81.9 Å². The first-order chi connectivity index (χ1) is 12.6. The Labute approximate surface area is 164 Å². The van der Waals surface area contributed by atoms with Gasteiger partial charge in [0.25, 0.3) is 0 Å². The Morgan fingerprint density at radius 2 is 1.89 bits per heavy atom. The summed E-state index contributed by atoms with van der Waals surface area (Å²) in [6.45, 7) is 8.13. The van der Waals surface area contributed by atoms with Gasteiger partial charge in [-0.3, -0.25) is 4.79 Å². The van der Waals surface area contributed by atoms with Crippen LogP contribution in [0.2, 0.25) is 0 Å². The standard InChI is InChI=1S/C19H25N3O3S2/c1-11-8-16(14(4)13(3)12(11)2)17(23)9-26-19-21-20-18(22(19)5)15-6-7-27(24,25)10-15/h8,15H,6-7,9-10H2,1-5H3/t15-/m1/s1. The molecule has 1 atom stereocenters. The number of sulfone groups is 1. The van der Waals surface area contributed by atoms with Crippen LogP contribution in [0.4, 0.5) is 0 Å². The molecule has 1 saturated heterocycles. The minimum Gasteiger partial charge on any atom is -0.309 e. The highest BCUT2D eigenvalue weighted by Gasteiger charge is 2.32. The second-order valence-corrected chi connectivity index (χ2v) is 10.5. The molecule has 0 N–H and O–H groups in total. The second-order valence-electron chi connectivity index (χ2n) is 7.33. The zero-order valence-corrected chi connectivity index (χ0v) is 18.0. The number of benzene rings is 1. The molecule has 3 rings (SSSR count). The van der Waals surface area contributed by atoms with E-state index in [1.165, 1.54) is 17.3 Å². The summed E-state index contributed by atoms with van der Waals surface area (Å²) in [7, 11) is -1.14. The summed E-state index contributed by atoms with van der Waals surface area (Å²) < 4.78 is 25.2. The van der Waals surface area contributed by atoms with Crippen molar-refractivity contribution >= 4 is 27.4 Å². The highest BCUT2D eigenvalue weighted by atomic mass is 32.2. The molecule has 0 aliphatic carbocycles. The van der Waals surface area contributed by atoms with Crippen LogP contribution in [0.15, 0.2) is 11.2 Å². The Morgan fingerprint density at radius 1 is 1.19 bits per heavy atom. The van der Waals surface area contributed by atoms with Crippen molar-refractivity contribution < 1.29 is 13.2 Å². The molecule has 0 radical (unpaired) electrons. The summed E-state index contributed by atoms with van der Waals surface area (Å²) in [5.41, 5.74) is 5.29. The van der Waals surface area contributed by atoms with Gasteiger partial charge in [0.2, 0.25) is 0 Å². The largest absolute Gasteiger partial charge is 0.309 e. The first kappa shape index (κ1) is 20.1. The molecule has 0 bridgehead atoms. The van der Waals surface area contributed by atoms with E-state index in [9.17, 15) is 13.2 Å². The van der Waals surface area contributed by atoms with Crippen LogP contribution in [0.1, 0.15) is 50.8 Å². The molecule has 1 aromatic carbocycles. The molecule has 1 aromatic heterocycles. The van der Waals surface area contributed by atoms with E-state index in [2.05, 4.69) is 17.1 Å². The van der Waals surface area contributed by atoms with E-state index in [1.54, 1.807) is 0 Å². The van der Waals surface area contributed by atoms with Crippen LogP contribution in [-0.2, 0) is 16.9 Å². The minimum atomic E-state index is -2.97. The van der Waals surface area contributed by atoms with Crippen LogP contribution >= 0.6 is 11.8 Å². The number of carbonyl (C=O) groups excluding carboxylic acids is 1. The molecule has 1 aliphatic rings. The number of hydrogen-bond donors (Lipinski definition) is 0. The van der Waals surface area contributed by atoms with E-state index >= 15 is 0 Å². The zero-order chi connectivity index (χ0) is 19.9. The van der Waals surface area contributed by atoms with Crippen molar-refractivity contribution in [3.05, 3.63) is 39.7 Å². The second kappa shape index (κ2) is 7.39. The highest BCUT2D eigenvalue weighted by molar-refractivity contribution is 7.99. The lowest BCUT2D eigenvalue weighted by Gasteiger charge is -2.13. The van der Waals surface area contributed by atoms with Crippen molar-refractivity contribution in [3.8, 4) is 0 Å². The van der Waals surface area contributed by atoms with Gasteiger partial charge in [-0.15, -0.1) is 10.2 Å². The maximum atomic E-state index is 12.8. The molecule has 1 aliphatic heterocycles. The van der Waals surface area contributed by atoms with Gasteiger partial charge in [-0.2, -0.15) is 0 Å². The number of nitrogens with zero attached hydrogens (tertiary/aromatic N) is 3. The molecule has 146 valence electrons. The van der Waals surface area contributed by atoms with E-state index in [4.69, 9.17) is 0 Å². The smallest absolute Gasteiger partial charge is 0.191 e. The molecule has 2 heterocycles. The Kier molecular flexibility index (Phi) is 5.49. The molecular formula is C19H25N3O3S2. The lowest BCUT2D eigenvalue weighted by atomic mass is 9.93. The third-order valence-electron chi connectivity index (χ3n) is 5.58. The molecular weight excluding hydrogens is 382 g/mol. The molecule has 1 fully saturated rings. The summed E-state index contributed by atoms with van der Waals surface area (Å²) in [4.78, 5) is 12.8. The predicted molar refractivity (Wildman–Crippen MR) is 107 cm³/mol. The first-order valence-electron chi connectivity index (χ1n) is 8.94. The fourth-order valence-corrected chi connectivity index (χ4v) is 6.06. The summed E-state index contributed by atoms with van der Waals surface area (Å²) >= 11 is 1.34. The number of aromatic nitrogens is 3. The normalized spacial score (nSPS) is 18.8. The number of thioether (sulfide) groups is 1. The SMILES string of the molecule is Cc1cc(C(=O)CSc2nnc([C@@H]3CCS(=O)(=O)C3)n2C)c(C)c(C)c1C. The van der Waals surface area contributed by atoms with Gasteiger partial charge in [-0.1, -0.05) is 11.8 Å². The fraction of sp³-hybridized carbons (Fsp3) is 0.526. The maximum absolute atomic E-state index is 12.8. The van der Waals surface area contributed by atoms with Crippen LogP contribution in [-0.4, -0.2) is 46.2 Å². The first-order valence-corrected chi connectivity index (χ1v) is 11.7. The summed E-state index contributed by atoms with van der Waals surface area (Å²) in [5, 5.41) is 9.00. The summed E-state index contributed by atoms with van der Waals surface area (Å²) in [6.07, 6.45) is 0.582.